The molecule has 0 aliphatic carbocycles. The van der Waals surface area contributed by atoms with Gasteiger partial charge < -0.3 is 4.74 Å². The predicted octanol–water partition coefficient (Wildman–Crippen LogP) is 3.03. The van der Waals surface area contributed by atoms with Crippen LogP contribution in [0.1, 0.15) is 11.3 Å². The number of aromatic nitrogens is 1. The van der Waals surface area contributed by atoms with E-state index in [2.05, 4.69) is 23.2 Å². The van der Waals surface area contributed by atoms with Crippen molar-refractivity contribution in [2.24, 2.45) is 0 Å². The van der Waals surface area contributed by atoms with Gasteiger partial charge in [-0.1, -0.05) is 24.3 Å². The SMILES string of the molecule is Cc1nc2ccccc2c2c1CC=CCO2. The van der Waals surface area contributed by atoms with E-state index in [-0.39, 0.29) is 0 Å². The highest BCUT2D eigenvalue weighted by molar-refractivity contribution is 5.87. The molecule has 1 aliphatic heterocycles. The minimum Gasteiger partial charge on any atom is -0.488 e. The summed E-state index contributed by atoms with van der Waals surface area (Å²) in [5, 5.41) is 1.12. The number of hydrogen-bond donors (Lipinski definition) is 0. The zero-order valence-corrected chi connectivity index (χ0v) is 9.23. The van der Waals surface area contributed by atoms with Crippen LogP contribution in [-0.2, 0) is 6.42 Å². The minimum absolute atomic E-state index is 0.653. The van der Waals surface area contributed by atoms with Gasteiger partial charge in [-0.15, -0.1) is 0 Å². The van der Waals surface area contributed by atoms with Crippen molar-refractivity contribution < 1.29 is 4.74 Å². The van der Waals surface area contributed by atoms with Gasteiger partial charge in [-0.05, 0) is 25.5 Å². The molecule has 1 aromatic heterocycles. The summed E-state index contributed by atoms with van der Waals surface area (Å²) in [6.07, 6.45) is 5.13. The number of benzene rings is 1. The van der Waals surface area contributed by atoms with Gasteiger partial charge in [-0.2, -0.15) is 0 Å². The Hall–Kier alpha value is -1.83. The van der Waals surface area contributed by atoms with Gasteiger partial charge in [-0.3, -0.25) is 4.98 Å². The molecule has 0 atom stereocenters. The van der Waals surface area contributed by atoms with Gasteiger partial charge in [0.05, 0.1) is 5.52 Å². The normalized spacial score (nSPS) is 14.3. The van der Waals surface area contributed by atoms with Crippen molar-refractivity contribution in [3.05, 3.63) is 47.7 Å². The average molecular weight is 211 g/mol. The molecule has 0 amide bonds. The highest BCUT2D eigenvalue weighted by Gasteiger charge is 2.13. The Morgan fingerprint density at radius 3 is 3.00 bits per heavy atom. The fourth-order valence-electron chi connectivity index (χ4n) is 2.14. The number of rotatable bonds is 0. The van der Waals surface area contributed by atoms with Crippen molar-refractivity contribution >= 4 is 10.9 Å². The molecule has 0 saturated carbocycles. The number of hydrogen-bond acceptors (Lipinski definition) is 2. The quantitative estimate of drug-likeness (QED) is 0.625. The molecule has 2 heterocycles. The van der Waals surface area contributed by atoms with E-state index in [9.17, 15) is 0 Å². The third kappa shape index (κ3) is 1.38. The number of allylic oxidation sites excluding steroid dienone is 1. The number of ether oxygens (including phenoxy) is 1. The summed E-state index contributed by atoms with van der Waals surface area (Å²) in [5.41, 5.74) is 3.30. The van der Waals surface area contributed by atoms with Crippen LogP contribution in [-0.4, -0.2) is 11.6 Å². The zero-order valence-electron chi connectivity index (χ0n) is 9.23. The van der Waals surface area contributed by atoms with E-state index in [1.165, 1.54) is 5.56 Å². The van der Waals surface area contributed by atoms with Crippen LogP contribution in [0.3, 0.4) is 0 Å². The lowest BCUT2D eigenvalue weighted by molar-refractivity contribution is 0.366. The molecule has 2 aromatic rings. The van der Waals surface area contributed by atoms with Gasteiger partial charge in [0, 0.05) is 16.6 Å². The van der Waals surface area contributed by atoms with Crippen LogP contribution in [0.4, 0.5) is 0 Å². The molecule has 0 N–H and O–H groups in total. The Morgan fingerprint density at radius 1 is 1.19 bits per heavy atom. The first-order valence-corrected chi connectivity index (χ1v) is 5.52. The second-order valence-corrected chi connectivity index (χ2v) is 4.01. The van der Waals surface area contributed by atoms with Crippen molar-refractivity contribution in [3.63, 3.8) is 0 Å². The van der Waals surface area contributed by atoms with Gasteiger partial charge in [0.25, 0.3) is 0 Å². The second kappa shape index (κ2) is 3.63. The lowest BCUT2D eigenvalue weighted by Crippen LogP contribution is -1.99. The third-order valence-electron chi connectivity index (χ3n) is 2.96. The smallest absolute Gasteiger partial charge is 0.134 e. The molecule has 0 spiro atoms. The van der Waals surface area contributed by atoms with Crippen LogP contribution >= 0.6 is 0 Å². The van der Waals surface area contributed by atoms with E-state index in [0.29, 0.717) is 6.61 Å². The lowest BCUT2D eigenvalue weighted by atomic mass is 10.1. The Kier molecular flexibility index (Phi) is 2.13. The summed E-state index contributed by atoms with van der Waals surface area (Å²) in [6, 6.07) is 8.15. The van der Waals surface area contributed by atoms with Gasteiger partial charge in [0.1, 0.15) is 12.4 Å². The highest BCUT2D eigenvalue weighted by atomic mass is 16.5. The van der Waals surface area contributed by atoms with Crippen LogP contribution in [0.15, 0.2) is 36.4 Å². The first-order chi connectivity index (χ1) is 7.86. The Morgan fingerprint density at radius 2 is 2.06 bits per heavy atom. The Labute approximate surface area is 94.6 Å². The molecular formula is C14H13NO. The van der Waals surface area contributed by atoms with Gasteiger partial charge in [0.2, 0.25) is 0 Å². The second-order valence-electron chi connectivity index (χ2n) is 4.01. The summed E-state index contributed by atoms with van der Waals surface area (Å²) in [4.78, 5) is 4.62. The number of aryl methyl sites for hydroxylation is 1. The van der Waals surface area contributed by atoms with Crippen LogP contribution in [0.25, 0.3) is 10.9 Å². The molecule has 0 fully saturated rings. The van der Waals surface area contributed by atoms with Crippen molar-refractivity contribution in [2.45, 2.75) is 13.3 Å². The molecule has 0 radical (unpaired) electrons. The van der Waals surface area contributed by atoms with Crippen molar-refractivity contribution in [1.82, 2.24) is 4.98 Å². The molecular weight excluding hydrogens is 198 g/mol. The maximum Gasteiger partial charge on any atom is 0.134 e. The zero-order chi connectivity index (χ0) is 11.0. The molecule has 3 rings (SSSR count). The molecule has 0 unspecified atom stereocenters. The Bertz CT molecular complexity index is 572. The van der Waals surface area contributed by atoms with Crippen LogP contribution < -0.4 is 4.74 Å². The molecule has 1 aromatic carbocycles. The van der Waals surface area contributed by atoms with Gasteiger partial charge in [-0.25, -0.2) is 0 Å². The summed E-state index contributed by atoms with van der Waals surface area (Å²) in [5.74, 6) is 1.01. The van der Waals surface area contributed by atoms with Gasteiger partial charge >= 0.3 is 0 Å². The van der Waals surface area contributed by atoms with Crippen molar-refractivity contribution in [2.75, 3.05) is 6.61 Å². The summed E-state index contributed by atoms with van der Waals surface area (Å²) in [7, 11) is 0. The van der Waals surface area contributed by atoms with E-state index in [0.717, 1.165) is 28.8 Å². The van der Waals surface area contributed by atoms with E-state index < -0.39 is 0 Å². The first-order valence-electron chi connectivity index (χ1n) is 5.52. The number of fused-ring (bicyclic) bond motifs is 3. The highest BCUT2D eigenvalue weighted by Crippen LogP contribution is 2.32. The number of pyridine rings is 1. The average Bonchev–Trinajstić information content (AvgIpc) is 2.55. The minimum atomic E-state index is 0.653. The van der Waals surface area contributed by atoms with E-state index >= 15 is 0 Å². The van der Waals surface area contributed by atoms with Crippen molar-refractivity contribution in [3.8, 4) is 5.75 Å². The first kappa shape index (κ1) is 9.40. The third-order valence-corrected chi connectivity index (χ3v) is 2.96. The maximum atomic E-state index is 5.82. The fraction of sp³-hybridized carbons (Fsp3) is 0.214. The van der Waals surface area contributed by atoms with E-state index in [1.54, 1.807) is 0 Å². The molecule has 16 heavy (non-hydrogen) atoms. The molecule has 1 aliphatic rings. The topological polar surface area (TPSA) is 22.1 Å². The fourth-order valence-corrected chi connectivity index (χ4v) is 2.14. The maximum absolute atomic E-state index is 5.82. The standard InChI is InChI=1S/C14H13NO/c1-10-11-6-4-5-9-16-14(11)12-7-2-3-8-13(12)15-10/h2-5,7-8H,6,9H2,1H3. The molecule has 0 bridgehead atoms. The molecule has 2 nitrogen and oxygen atoms in total. The Balaban J connectivity index is 2.35. The number of nitrogens with zero attached hydrogens (tertiary/aromatic N) is 1. The monoisotopic (exact) mass is 211 g/mol. The molecule has 2 heteroatoms. The van der Waals surface area contributed by atoms with Crippen LogP contribution in [0.2, 0.25) is 0 Å². The van der Waals surface area contributed by atoms with E-state index in [1.807, 2.05) is 25.1 Å². The van der Waals surface area contributed by atoms with E-state index in [4.69, 9.17) is 4.74 Å². The lowest BCUT2D eigenvalue weighted by Gasteiger charge is -2.12. The summed E-state index contributed by atoms with van der Waals surface area (Å²) < 4.78 is 5.82. The number of para-hydroxylation sites is 1. The molecule has 0 saturated heterocycles. The molecule has 80 valence electrons. The predicted molar refractivity (Wildman–Crippen MR) is 64.8 cm³/mol. The summed E-state index contributed by atoms with van der Waals surface area (Å²) >= 11 is 0. The van der Waals surface area contributed by atoms with Crippen molar-refractivity contribution in [1.29, 1.82) is 0 Å². The van der Waals surface area contributed by atoms with Crippen LogP contribution in [0, 0.1) is 6.92 Å². The largest absolute Gasteiger partial charge is 0.488 e. The van der Waals surface area contributed by atoms with Crippen LogP contribution in [0.5, 0.6) is 5.75 Å². The summed E-state index contributed by atoms with van der Waals surface area (Å²) in [6.45, 7) is 2.70. The van der Waals surface area contributed by atoms with Gasteiger partial charge in [0.15, 0.2) is 0 Å².